The molecule has 126 valence electrons. The molecule has 1 atom stereocenters. The Morgan fingerprint density at radius 3 is 2.71 bits per heavy atom. The highest BCUT2D eigenvalue weighted by atomic mass is 35.5. The van der Waals surface area contributed by atoms with E-state index in [0.29, 0.717) is 22.3 Å². The highest BCUT2D eigenvalue weighted by Crippen LogP contribution is 2.30. The van der Waals surface area contributed by atoms with Crippen LogP contribution in [0.25, 0.3) is 0 Å². The standard InChI is InChI=1S/C17H18ClN3O3/c1-9-4-10(2)16(13(18)5-9)19-17(23)12-7-15(22)21(8-12)14-6-11(3)24-20-14/h4-6,12H,7-8H2,1-3H3,(H,19,23). The Bertz CT molecular complexity index is 792. The lowest BCUT2D eigenvalue weighted by Gasteiger charge is -2.15. The number of carbonyl (C=O) groups is 2. The second-order valence-electron chi connectivity index (χ2n) is 6.13. The van der Waals surface area contributed by atoms with Crippen LogP contribution in [0.5, 0.6) is 0 Å². The van der Waals surface area contributed by atoms with Crippen molar-refractivity contribution in [1.29, 1.82) is 0 Å². The minimum atomic E-state index is -0.453. The van der Waals surface area contributed by atoms with E-state index in [1.807, 2.05) is 19.9 Å². The number of rotatable bonds is 3. The Kier molecular flexibility index (Phi) is 4.32. The van der Waals surface area contributed by atoms with Gasteiger partial charge in [-0.2, -0.15) is 0 Å². The van der Waals surface area contributed by atoms with Crippen molar-refractivity contribution in [2.75, 3.05) is 16.8 Å². The molecule has 6 nitrogen and oxygen atoms in total. The van der Waals surface area contributed by atoms with E-state index in [1.54, 1.807) is 19.1 Å². The Morgan fingerprint density at radius 1 is 1.33 bits per heavy atom. The van der Waals surface area contributed by atoms with Gasteiger partial charge in [0, 0.05) is 19.0 Å². The number of hydrogen-bond donors (Lipinski definition) is 1. The molecule has 1 aromatic carbocycles. The van der Waals surface area contributed by atoms with E-state index in [-0.39, 0.29) is 24.8 Å². The van der Waals surface area contributed by atoms with Crippen LogP contribution in [0.3, 0.4) is 0 Å². The molecule has 0 radical (unpaired) electrons. The molecule has 1 aromatic heterocycles. The molecule has 3 rings (SSSR count). The summed E-state index contributed by atoms with van der Waals surface area (Å²) in [5, 5.41) is 7.19. The molecule has 1 fully saturated rings. The molecule has 0 saturated carbocycles. The molecule has 24 heavy (non-hydrogen) atoms. The number of nitrogens with zero attached hydrogens (tertiary/aromatic N) is 2. The van der Waals surface area contributed by atoms with E-state index in [2.05, 4.69) is 10.5 Å². The largest absolute Gasteiger partial charge is 0.360 e. The first-order chi connectivity index (χ1) is 11.3. The van der Waals surface area contributed by atoms with Gasteiger partial charge in [0.05, 0.1) is 16.6 Å². The van der Waals surface area contributed by atoms with Crippen molar-refractivity contribution >= 4 is 34.9 Å². The summed E-state index contributed by atoms with van der Waals surface area (Å²) < 4.78 is 5.00. The zero-order valence-corrected chi connectivity index (χ0v) is 14.5. The summed E-state index contributed by atoms with van der Waals surface area (Å²) in [6, 6.07) is 5.43. The van der Waals surface area contributed by atoms with Gasteiger partial charge in [-0.15, -0.1) is 0 Å². The zero-order valence-electron chi connectivity index (χ0n) is 13.7. The first-order valence-corrected chi connectivity index (χ1v) is 8.04. The Hall–Kier alpha value is -2.34. The van der Waals surface area contributed by atoms with Crippen molar-refractivity contribution in [3.05, 3.63) is 40.1 Å². The van der Waals surface area contributed by atoms with Crippen LogP contribution >= 0.6 is 11.6 Å². The van der Waals surface area contributed by atoms with E-state index >= 15 is 0 Å². The van der Waals surface area contributed by atoms with Crippen molar-refractivity contribution in [1.82, 2.24) is 5.16 Å². The summed E-state index contributed by atoms with van der Waals surface area (Å²) in [4.78, 5) is 26.2. The van der Waals surface area contributed by atoms with Crippen molar-refractivity contribution in [2.45, 2.75) is 27.2 Å². The second-order valence-corrected chi connectivity index (χ2v) is 6.54. The molecule has 0 aliphatic carbocycles. The molecule has 1 N–H and O–H groups in total. The first kappa shape index (κ1) is 16.5. The minimum absolute atomic E-state index is 0.139. The molecule has 0 bridgehead atoms. The number of benzene rings is 1. The average molecular weight is 348 g/mol. The molecular formula is C17H18ClN3O3. The van der Waals surface area contributed by atoms with Crippen molar-refractivity contribution in [2.24, 2.45) is 5.92 Å². The fraction of sp³-hybridized carbons (Fsp3) is 0.353. The van der Waals surface area contributed by atoms with Crippen LogP contribution < -0.4 is 10.2 Å². The molecular weight excluding hydrogens is 330 g/mol. The summed E-state index contributed by atoms with van der Waals surface area (Å²) in [5.74, 6) is 0.242. The summed E-state index contributed by atoms with van der Waals surface area (Å²) in [6.45, 7) is 5.86. The lowest BCUT2D eigenvalue weighted by atomic mass is 10.1. The van der Waals surface area contributed by atoms with Crippen LogP contribution in [0.15, 0.2) is 22.7 Å². The smallest absolute Gasteiger partial charge is 0.229 e. The summed E-state index contributed by atoms with van der Waals surface area (Å²) in [7, 11) is 0. The van der Waals surface area contributed by atoms with Gasteiger partial charge in [0.25, 0.3) is 0 Å². The van der Waals surface area contributed by atoms with Crippen LogP contribution in [0.4, 0.5) is 11.5 Å². The van der Waals surface area contributed by atoms with Gasteiger partial charge in [0.2, 0.25) is 11.8 Å². The molecule has 2 aromatic rings. The summed E-state index contributed by atoms with van der Waals surface area (Å²) in [5.41, 5.74) is 2.51. The number of carbonyl (C=O) groups excluding carboxylic acids is 2. The second kappa shape index (κ2) is 6.28. The topological polar surface area (TPSA) is 75.4 Å². The third kappa shape index (κ3) is 3.14. The molecule has 2 heterocycles. The highest BCUT2D eigenvalue weighted by Gasteiger charge is 2.36. The molecule has 2 amide bonds. The number of nitrogens with one attached hydrogen (secondary N) is 1. The molecule has 1 saturated heterocycles. The molecule has 1 aliphatic heterocycles. The summed E-state index contributed by atoms with van der Waals surface area (Å²) >= 11 is 6.23. The van der Waals surface area contributed by atoms with Gasteiger partial charge in [0.1, 0.15) is 5.76 Å². The predicted molar refractivity (Wildman–Crippen MR) is 91.3 cm³/mol. The minimum Gasteiger partial charge on any atom is -0.360 e. The average Bonchev–Trinajstić information content (AvgIpc) is 3.08. The first-order valence-electron chi connectivity index (χ1n) is 7.66. The van der Waals surface area contributed by atoms with E-state index in [0.717, 1.165) is 11.1 Å². The molecule has 1 aliphatic rings. The van der Waals surface area contributed by atoms with Crippen LogP contribution in [-0.4, -0.2) is 23.5 Å². The molecule has 0 spiro atoms. The van der Waals surface area contributed by atoms with Crippen LogP contribution in [-0.2, 0) is 9.59 Å². The fourth-order valence-electron chi connectivity index (χ4n) is 2.88. The molecule has 1 unspecified atom stereocenters. The maximum atomic E-state index is 12.5. The van der Waals surface area contributed by atoms with Gasteiger partial charge < -0.3 is 9.84 Å². The zero-order chi connectivity index (χ0) is 17.4. The SMILES string of the molecule is Cc1cc(C)c(NC(=O)C2CC(=O)N(c3cc(C)on3)C2)c(Cl)c1. The monoisotopic (exact) mass is 347 g/mol. The van der Waals surface area contributed by atoms with Crippen LogP contribution in [0.1, 0.15) is 23.3 Å². The lowest BCUT2D eigenvalue weighted by Crippen LogP contribution is -2.28. The number of aryl methyl sites for hydroxylation is 3. The number of anilines is 2. The maximum Gasteiger partial charge on any atom is 0.229 e. The third-order valence-corrected chi connectivity index (χ3v) is 4.37. The van der Waals surface area contributed by atoms with Crippen molar-refractivity contribution in [3.8, 4) is 0 Å². The highest BCUT2D eigenvalue weighted by molar-refractivity contribution is 6.34. The van der Waals surface area contributed by atoms with E-state index in [1.165, 1.54) is 4.90 Å². The third-order valence-electron chi connectivity index (χ3n) is 4.07. The van der Waals surface area contributed by atoms with Gasteiger partial charge in [0.15, 0.2) is 5.82 Å². The van der Waals surface area contributed by atoms with Crippen molar-refractivity contribution < 1.29 is 14.1 Å². The normalized spacial score (nSPS) is 17.4. The van der Waals surface area contributed by atoms with Gasteiger partial charge >= 0.3 is 0 Å². The van der Waals surface area contributed by atoms with Gasteiger partial charge in [-0.05, 0) is 38.0 Å². The number of amides is 2. The maximum absolute atomic E-state index is 12.5. The van der Waals surface area contributed by atoms with Gasteiger partial charge in [-0.3, -0.25) is 14.5 Å². The Morgan fingerprint density at radius 2 is 2.08 bits per heavy atom. The lowest BCUT2D eigenvalue weighted by molar-refractivity contribution is -0.122. The van der Waals surface area contributed by atoms with E-state index in [4.69, 9.17) is 16.1 Å². The van der Waals surface area contributed by atoms with Crippen LogP contribution in [0.2, 0.25) is 5.02 Å². The van der Waals surface area contributed by atoms with Gasteiger partial charge in [-0.1, -0.05) is 22.8 Å². The quantitative estimate of drug-likeness (QED) is 0.924. The van der Waals surface area contributed by atoms with Gasteiger partial charge in [-0.25, -0.2) is 0 Å². The number of aromatic nitrogens is 1. The Balaban J connectivity index is 1.74. The number of halogens is 1. The summed E-state index contributed by atoms with van der Waals surface area (Å²) in [6.07, 6.45) is 0.139. The predicted octanol–water partition coefficient (Wildman–Crippen LogP) is 3.24. The number of hydrogen-bond acceptors (Lipinski definition) is 4. The Labute approximate surface area is 144 Å². The van der Waals surface area contributed by atoms with Crippen LogP contribution in [0, 0.1) is 26.7 Å². The van der Waals surface area contributed by atoms with E-state index < -0.39 is 5.92 Å². The fourth-order valence-corrected chi connectivity index (χ4v) is 3.25. The van der Waals surface area contributed by atoms with Crippen molar-refractivity contribution in [3.63, 3.8) is 0 Å². The molecule has 7 heteroatoms. The van der Waals surface area contributed by atoms with E-state index in [9.17, 15) is 9.59 Å².